The van der Waals surface area contributed by atoms with Gasteiger partial charge in [0.25, 0.3) is 5.91 Å². The van der Waals surface area contributed by atoms with E-state index in [0.717, 1.165) is 30.7 Å². The molecule has 1 aliphatic carbocycles. The van der Waals surface area contributed by atoms with Crippen molar-refractivity contribution < 1.29 is 4.79 Å². The van der Waals surface area contributed by atoms with Crippen LogP contribution in [0.1, 0.15) is 60.0 Å². The molecule has 8 heteroatoms. The second kappa shape index (κ2) is 10.4. The van der Waals surface area contributed by atoms with E-state index in [2.05, 4.69) is 49.4 Å². The van der Waals surface area contributed by atoms with Crippen LogP contribution >= 0.6 is 24.8 Å². The Balaban J connectivity index is 0.00000136. The Morgan fingerprint density at radius 3 is 2.61 bits per heavy atom. The molecule has 166 valence electrons. The molecule has 0 bridgehead atoms. The van der Waals surface area contributed by atoms with E-state index in [4.69, 9.17) is 0 Å². The van der Waals surface area contributed by atoms with Crippen LogP contribution in [-0.4, -0.2) is 39.6 Å². The topological polar surface area (TPSA) is 71.8 Å². The number of nitrogens with one attached hydrogen (secondary N) is 2. The lowest BCUT2D eigenvalue weighted by molar-refractivity contribution is 0.0924. The van der Waals surface area contributed by atoms with Crippen LogP contribution in [0.3, 0.4) is 0 Å². The van der Waals surface area contributed by atoms with Crippen molar-refractivity contribution in [3.63, 3.8) is 0 Å². The number of rotatable bonds is 4. The monoisotopic (exact) mass is 461 g/mol. The zero-order chi connectivity index (χ0) is 19.6. The molecular formula is C23H29Cl2N5O. The highest BCUT2D eigenvalue weighted by molar-refractivity contribution is 5.96. The Bertz CT molecular complexity index is 1000. The minimum Gasteiger partial charge on any atom is -0.347 e. The van der Waals surface area contributed by atoms with Crippen LogP contribution in [0.25, 0.3) is 11.2 Å². The van der Waals surface area contributed by atoms with Gasteiger partial charge >= 0.3 is 0 Å². The van der Waals surface area contributed by atoms with Crippen molar-refractivity contribution in [2.45, 2.75) is 50.1 Å². The lowest BCUT2D eigenvalue weighted by atomic mass is 9.86. The number of benzene rings is 1. The van der Waals surface area contributed by atoms with Crippen molar-refractivity contribution in [2.75, 3.05) is 13.1 Å². The number of carbonyl (C=O) groups is 1. The summed E-state index contributed by atoms with van der Waals surface area (Å²) in [5.41, 5.74) is 3.54. The number of nitrogens with zero attached hydrogens (tertiary/aromatic N) is 3. The summed E-state index contributed by atoms with van der Waals surface area (Å²) in [6.07, 6.45) is 9.49. The fourth-order valence-electron chi connectivity index (χ4n) is 4.85. The van der Waals surface area contributed by atoms with Crippen molar-refractivity contribution >= 4 is 41.9 Å². The Kier molecular flexibility index (Phi) is 7.92. The third-order valence-corrected chi connectivity index (χ3v) is 6.42. The number of aromatic nitrogens is 3. The molecule has 1 aromatic carbocycles. The molecule has 31 heavy (non-hydrogen) atoms. The number of amides is 1. The second-order valence-corrected chi connectivity index (χ2v) is 8.25. The number of pyridine rings is 1. The van der Waals surface area contributed by atoms with Gasteiger partial charge in [0.1, 0.15) is 5.52 Å². The van der Waals surface area contributed by atoms with Crippen molar-refractivity contribution in [1.82, 2.24) is 25.2 Å². The number of carbonyl (C=O) groups excluding carboxylic acids is 1. The van der Waals surface area contributed by atoms with E-state index in [1.165, 1.54) is 31.2 Å². The summed E-state index contributed by atoms with van der Waals surface area (Å²) >= 11 is 0. The molecule has 1 amide bonds. The van der Waals surface area contributed by atoms with Crippen molar-refractivity contribution in [2.24, 2.45) is 0 Å². The molecule has 2 atom stereocenters. The highest BCUT2D eigenvalue weighted by atomic mass is 35.5. The number of hydrogen-bond acceptors (Lipinski definition) is 4. The van der Waals surface area contributed by atoms with Gasteiger partial charge in [-0.2, -0.15) is 0 Å². The molecule has 3 aromatic rings. The Labute approximate surface area is 195 Å². The Morgan fingerprint density at radius 2 is 1.84 bits per heavy atom. The molecule has 2 aromatic heterocycles. The molecule has 2 fully saturated rings. The van der Waals surface area contributed by atoms with Crippen LogP contribution in [0, 0.1) is 0 Å². The molecular weight excluding hydrogens is 433 g/mol. The number of halogens is 2. The van der Waals surface area contributed by atoms with Gasteiger partial charge in [-0.3, -0.25) is 4.79 Å². The molecule has 3 heterocycles. The van der Waals surface area contributed by atoms with Crippen LogP contribution in [0.5, 0.6) is 0 Å². The van der Waals surface area contributed by atoms with Crippen LogP contribution in [0.15, 0.2) is 48.9 Å². The molecule has 5 rings (SSSR count). The van der Waals surface area contributed by atoms with Gasteiger partial charge in [0.05, 0.1) is 11.9 Å². The number of imidazole rings is 1. The summed E-state index contributed by atoms with van der Waals surface area (Å²) in [5, 5.41) is 6.64. The van der Waals surface area contributed by atoms with Crippen LogP contribution < -0.4 is 10.6 Å². The predicted octanol–water partition coefficient (Wildman–Crippen LogP) is 4.27. The van der Waals surface area contributed by atoms with E-state index in [1.807, 2.05) is 18.5 Å². The maximum absolute atomic E-state index is 13.0. The summed E-state index contributed by atoms with van der Waals surface area (Å²) in [5.74, 6) is 0.240. The fourth-order valence-corrected chi connectivity index (χ4v) is 4.85. The first-order chi connectivity index (χ1) is 14.3. The highest BCUT2D eigenvalue weighted by Crippen LogP contribution is 2.31. The zero-order valence-electron chi connectivity index (χ0n) is 17.4. The minimum atomic E-state index is -0.0792. The third-order valence-electron chi connectivity index (χ3n) is 6.42. The standard InChI is InChI=1S/C23H27N5O.2ClH/c29-23(27-21-14-24-11-10-19(21)16-6-2-1-3-7-16)17-12-20-22(25-13-17)28(15-26-20)18-8-4-5-9-18;;/h1-3,6-7,12-13,15,18-19,21,24H,4-5,8-11,14H2,(H,27,29);2*1H/t19-,21-;;/m0../s1. The van der Waals surface area contributed by atoms with Crippen molar-refractivity contribution in [3.8, 4) is 0 Å². The molecule has 1 saturated carbocycles. The van der Waals surface area contributed by atoms with Crippen LogP contribution in [0.2, 0.25) is 0 Å². The SMILES string of the molecule is Cl.Cl.O=C(N[C@H]1CNCC[C@H]1c1ccccc1)c1cnc2c(c1)ncn2C1CCCC1. The zero-order valence-corrected chi connectivity index (χ0v) is 19.0. The lowest BCUT2D eigenvalue weighted by Crippen LogP contribution is -2.50. The van der Waals surface area contributed by atoms with Crippen molar-refractivity contribution in [3.05, 3.63) is 60.0 Å². The molecule has 2 N–H and O–H groups in total. The second-order valence-electron chi connectivity index (χ2n) is 8.25. The number of fused-ring (bicyclic) bond motifs is 1. The molecule has 1 aliphatic heterocycles. The van der Waals surface area contributed by atoms with Crippen molar-refractivity contribution in [1.29, 1.82) is 0 Å². The van der Waals surface area contributed by atoms with Gasteiger partial charge in [-0.25, -0.2) is 9.97 Å². The Hall–Kier alpha value is -2.15. The van der Waals surface area contributed by atoms with Gasteiger partial charge in [-0.1, -0.05) is 43.2 Å². The summed E-state index contributed by atoms with van der Waals surface area (Å²) in [6.45, 7) is 1.75. The average Bonchev–Trinajstić information content (AvgIpc) is 3.44. The highest BCUT2D eigenvalue weighted by Gasteiger charge is 2.28. The predicted molar refractivity (Wildman–Crippen MR) is 127 cm³/mol. The van der Waals surface area contributed by atoms with Gasteiger partial charge in [-0.15, -0.1) is 24.8 Å². The van der Waals surface area contributed by atoms with E-state index in [-0.39, 0.29) is 36.8 Å². The summed E-state index contributed by atoms with van der Waals surface area (Å²) in [6, 6.07) is 12.9. The van der Waals surface area contributed by atoms with E-state index in [0.29, 0.717) is 17.5 Å². The number of hydrogen-bond donors (Lipinski definition) is 2. The van der Waals surface area contributed by atoms with E-state index < -0.39 is 0 Å². The molecule has 1 saturated heterocycles. The van der Waals surface area contributed by atoms with Gasteiger partial charge in [-0.05, 0) is 37.4 Å². The molecule has 0 spiro atoms. The first-order valence-corrected chi connectivity index (χ1v) is 10.7. The first-order valence-electron chi connectivity index (χ1n) is 10.7. The van der Waals surface area contributed by atoms with Gasteiger partial charge in [0.15, 0.2) is 5.65 Å². The number of piperidine rings is 1. The summed E-state index contributed by atoms with van der Waals surface area (Å²) < 4.78 is 2.18. The average molecular weight is 462 g/mol. The largest absolute Gasteiger partial charge is 0.347 e. The summed E-state index contributed by atoms with van der Waals surface area (Å²) in [4.78, 5) is 22.1. The normalized spacial score (nSPS) is 21.3. The summed E-state index contributed by atoms with van der Waals surface area (Å²) in [7, 11) is 0. The molecule has 0 unspecified atom stereocenters. The smallest absolute Gasteiger partial charge is 0.253 e. The fraction of sp³-hybridized carbons (Fsp3) is 0.435. The van der Waals surface area contributed by atoms with Crippen LogP contribution in [-0.2, 0) is 0 Å². The van der Waals surface area contributed by atoms with Gasteiger partial charge < -0.3 is 15.2 Å². The lowest BCUT2D eigenvalue weighted by Gasteiger charge is -2.33. The molecule has 2 aliphatic rings. The Morgan fingerprint density at radius 1 is 1.06 bits per heavy atom. The van der Waals surface area contributed by atoms with Gasteiger partial charge in [0.2, 0.25) is 0 Å². The molecule has 0 radical (unpaired) electrons. The van der Waals surface area contributed by atoms with E-state index >= 15 is 0 Å². The maximum atomic E-state index is 13.0. The maximum Gasteiger partial charge on any atom is 0.253 e. The van der Waals surface area contributed by atoms with E-state index in [9.17, 15) is 4.79 Å². The van der Waals surface area contributed by atoms with Gasteiger partial charge in [0, 0.05) is 30.7 Å². The third kappa shape index (κ3) is 4.86. The molecule has 6 nitrogen and oxygen atoms in total. The first kappa shape index (κ1) is 23.5. The van der Waals surface area contributed by atoms with E-state index in [1.54, 1.807) is 6.20 Å². The minimum absolute atomic E-state index is 0. The quantitative estimate of drug-likeness (QED) is 0.608. The van der Waals surface area contributed by atoms with Crippen LogP contribution in [0.4, 0.5) is 0 Å².